The van der Waals surface area contributed by atoms with Crippen molar-refractivity contribution < 1.29 is 30.9 Å². The maximum atomic E-state index is 12.7. The van der Waals surface area contributed by atoms with Gasteiger partial charge in [0.05, 0.1) is 39.7 Å². The van der Waals surface area contributed by atoms with Gasteiger partial charge in [-0.1, -0.05) is 171 Å². The molecule has 0 amide bonds. The van der Waals surface area contributed by atoms with Crippen molar-refractivity contribution in [3.8, 4) is 90.4 Å². The normalized spacial score (nSPS) is 13.2. The van der Waals surface area contributed by atoms with Crippen molar-refractivity contribution in [1.29, 1.82) is 5.26 Å². The van der Waals surface area contributed by atoms with Crippen LogP contribution in [0, 0.1) is 17.4 Å². The van der Waals surface area contributed by atoms with E-state index in [9.17, 15) is 10.4 Å². The fourth-order valence-electron chi connectivity index (χ4n) is 9.84. The third-order valence-electron chi connectivity index (χ3n) is 13.8. The molecule has 0 spiro atoms. The van der Waals surface area contributed by atoms with E-state index < -0.39 is 5.60 Å². The Kier molecular flexibility index (Phi) is 12.4. The summed E-state index contributed by atoms with van der Waals surface area (Å²) in [5.74, 6) is 1.52. The van der Waals surface area contributed by atoms with Crippen molar-refractivity contribution in [1.82, 2.24) is 14.5 Å². The molecule has 1 N–H and O–H groups in total. The van der Waals surface area contributed by atoms with Crippen molar-refractivity contribution in [2.45, 2.75) is 98.0 Å². The van der Waals surface area contributed by atoms with Crippen LogP contribution in [0.3, 0.4) is 0 Å². The predicted octanol–water partition coefficient (Wildman–Crippen LogP) is 16.3. The number of phenolic OH excluding ortho intramolecular Hbond substituents is 1. The number of aromatic nitrogens is 3. The summed E-state index contributed by atoms with van der Waals surface area (Å²) in [6.45, 7) is 23.9. The number of ether oxygens (including phenoxy) is 1. The zero-order valence-corrected chi connectivity index (χ0v) is 44.7. The van der Waals surface area contributed by atoms with E-state index in [-0.39, 0.29) is 43.1 Å². The molecule has 71 heavy (non-hydrogen) atoms. The summed E-state index contributed by atoms with van der Waals surface area (Å²) in [6.07, 6.45) is 1.85. The van der Waals surface area contributed by atoms with E-state index in [0.29, 0.717) is 22.7 Å². The second-order valence-electron chi connectivity index (χ2n) is 22.3. The van der Waals surface area contributed by atoms with E-state index in [1.165, 1.54) is 5.56 Å². The maximum absolute atomic E-state index is 12.7. The number of benzene rings is 7. The minimum Gasteiger partial charge on any atom is -0.518 e. The predicted molar refractivity (Wildman–Crippen MR) is 286 cm³/mol. The van der Waals surface area contributed by atoms with Gasteiger partial charge in [-0.25, -0.2) is 4.98 Å². The molecule has 0 aliphatic carbocycles. The Morgan fingerprint density at radius 1 is 0.620 bits per heavy atom. The van der Waals surface area contributed by atoms with Gasteiger partial charge in [-0.05, 0) is 112 Å². The van der Waals surface area contributed by atoms with Crippen LogP contribution >= 0.6 is 0 Å². The molecule has 358 valence electrons. The first kappa shape index (κ1) is 48.9. The summed E-state index contributed by atoms with van der Waals surface area (Å²) in [5.41, 5.74) is 15.6. The molecule has 0 unspecified atom stereocenters. The number of hydrogen-bond donors (Lipinski definition) is 1. The van der Waals surface area contributed by atoms with Crippen molar-refractivity contribution in [2.75, 3.05) is 0 Å². The van der Waals surface area contributed by atoms with Gasteiger partial charge in [0.2, 0.25) is 0 Å². The van der Waals surface area contributed by atoms with E-state index in [4.69, 9.17) is 14.7 Å². The van der Waals surface area contributed by atoms with Gasteiger partial charge in [0.25, 0.3) is 0 Å². The Hall–Kier alpha value is -7.06. The van der Waals surface area contributed by atoms with Crippen LogP contribution in [0.4, 0.5) is 0 Å². The van der Waals surface area contributed by atoms with Gasteiger partial charge in [0, 0.05) is 49.6 Å². The zero-order chi connectivity index (χ0) is 49.5. The summed E-state index contributed by atoms with van der Waals surface area (Å²) < 4.78 is 9.29. The number of imidazole rings is 1. The molecule has 3 heterocycles. The molecule has 0 saturated heterocycles. The molecular weight excluding hydrogens is 1050 g/mol. The Labute approximate surface area is 433 Å². The number of fused-ring (bicyclic) bond motifs is 4. The van der Waals surface area contributed by atoms with Crippen LogP contribution in [0.25, 0.3) is 83.9 Å². The van der Waals surface area contributed by atoms with Crippen molar-refractivity contribution in [3.63, 3.8) is 0 Å². The first-order valence-electron chi connectivity index (χ1n) is 24.2. The molecule has 0 radical (unpaired) electrons. The number of aromatic hydroxyl groups is 1. The number of rotatable bonds is 6. The van der Waals surface area contributed by atoms with Crippen LogP contribution in [0.2, 0.25) is 0 Å². The van der Waals surface area contributed by atoms with Gasteiger partial charge >= 0.3 is 0 Å². The molecule has 0 saturated carbocycles. The van der Waals surface area contributed by atoms with Gasteiger partial charge in [-0.2, -0.15) is 5.26 Å². The van der Waals surface area contributed by atoms with Crippen molar-refractivity contribution in [2.24, 2.45) is 0 Å². The number of para-hydroxylation sites is 1. The average Bonchev–Trinajstić information content (AvgIpc) is 3.72. The quantitative estimate of drug-likeness (QED) is 0.168. The van der Waals surface area contributed by atoms with Crippen LogP contribution in [0.1, 0.15) is 104 Å². The van der Waals surface area contributed by atoms with Crippen molar-refractivity contribution in [3.05, 3.63) is 186 Å². The van der Waals surface area contributed by atoms with Crippen LogP contribution in [-0.2, 0) is 42.9 Å². The Bertz CT molecular complexity index is 3560. The smallest absolute Gasteiger partial charge is 0.148 e. The topological polar surface area (TPSA) is 84.0 Å². The van der Waals surface area contributed by atoms with E-state index in [1.54, 1.807) is 0 Å². The molecule has 2 aromatic heterocycles. The Morgan fingerprint density at radius 2 is 1.30 bits per heavy atom. The zero-order valence-electron chi connectivity index (χ0n) is 42.4. The minimum absolute atomic E-state index is 0. The number of nitrogens with zero attached hydrogens (tertiary/aromatic N) is 4. The molecule has 7 aromatic carbocycles. The number of hydrogen-bond acceptors (Lipinski definition) is 5. The van der Waals surface area contributed by atoms with Crippen LogP contribution in [-0.4, -0.2) is 19.6 Å². The molecule has 1 aliphatic heterocycles. The van der Waals surface area contributed by atoms with Crippen LogP contribution in [0.15, 0.2) is 152 Å². The van der Waals surface area contributed by atoms with Gasteiger partial charge < -0.3 is 9.84 Å². The molecular formula is C64H59N4O2Pt-. The fraction of sp³-hybridized carbons (Fsp3) is 0.234. The second kappa shape index (κ2) is 18.0. The number of phenols is 1. The third kappa shape index (κ3) is 8.91. The standard InChI is InChI=1S/C64H59N4O2.Pt/c1-61(2,3)44-26-28-55(48(35-44)41-21-16-13-17-22-41)68-56-24-18-23-46(57(56)67-60(68)51-36-45(62(4,5)6)37-53(58(51)69)63(7,8)9)43-32-49-47-27-25-39(38-65)31-52(47)64(10,11)70-59(49)50(33-43)54-34-42(29-30-66-54)40-19-14-12-15-20-40;/h12-32,34-37,69H,1-11H3;/q-1;. The van der Waals surface area contributed by atoms with E-state index in [2.05, 4.69) is 182 Å². The largest absolute Gasteiger partial charge is 0.518 e. The molecule has 0 bridgehead atoms. The number of nitriles is 1. The van der Waals surface area contributed by atoms with Gasteiger partial charge in [-0.3, -0.25) is 9.55 Å². The van der Waals surface area contributed by atoms with Crippen molar-refractivity contribution >= 4 is 11.0 Å². The number of pyridine rings is 1. The summed E-state index contributed by atoms with van der Waals surface area (Å²) in [5, 5.41) is 22.7. The summed E-state index contributed by atoms with van der Waals surface area (Å²) >= 11 is 0. The Morgan fingerprint density at radius 3 is 1.96 bits per heavy atom. The summed E-state index contributed by atoms with van der Waals surface area (Å²) in [6, 6.07) is 56.6. The molecule has 7 heteroatoms. The SMILES string of the molecule is CC(C)(C)c1ccc(-n2c(-c3cc(C(C)(C)C)cc(C(C)(C)C)c3O)nc3c(-c4[c-]c(-c5cc(-c6ccccc6)ccn5)c5c(c4)-c4ccc(C#N)cc4C(C)(C)O5)cccc32)c(-c2ccccc2)c1.[Pt]. The minimum atomic E-state index is -0.765. The van der Waals surface area contributed by atoms with E-state index in [0.717, 1.165) is 89.2 Å². The first-order valence-corrected chi connectivity index (χ1v) is 24.2. The Balaban J connectivity index is 0.00000624. The molecule has 9 aromatic rings. The van der Waals surface area contributed by atoms with E-state index >= 15 is 0 Å². The second-order valence-corrected chi connectivity index (χ2v) is 22.3. The fourth-order valence-corrected chi connectivity index (χ4v) is 9.84. The average molecular weight is 1110 g/mol. The summed E-state index contributed by atoms with van der Waals surface area (Å²) in [7, 11) is 0. The van der Waals surface area contributed by atoms with Gasteiger partial charge in [-0.15, -0.1) is 17.7 Å². The van der Waals surface area contributed by atoms with Gasteiger partial charge in [0.15, 0.2) is 0 Å². The molecule has 1 aliphatic rings. The van der Waals surface area contributed by atoms with Gasteiger partial charge in [0.1, 0.15) is 17.2 Å². The van der Waals surface area contributed by atoms with Crippen LogP contribution < -0.4 is 4.74 Å². The molecule has 0 fully saturated rings. The molecule has 0 atom stereocenters. The van der Waals surface area contributed by atoms with E-state index in [1.807, 2.05) is 62.5 Å². The molecule has 6 nitrogen and oxygen atoms in total. The summed E-state index contributed by atoms with van der Waals surface area (Å²) in [4.78, 5) is 10.7. The molecule has 10 rings (SSSR count). The third-order valence-corrected chi connectivity index (χ3v) is 13.8. The monoisotopic (exact) mass is 1110 g/mol. The first-order chi connectivity index (χ1) is 33.2. The maximum Gasteiger partial charge on any atom is 0.148 e. The van der Waals surface area contributed by atoms with Crippen LogP contribution in [0.5, 0.6) is 11.5 Å².